The number of pyridine rings is 1. The maximum atomic E-state index is 12.3. The number of rotatable bonds is 6. The number of carboxylic acids is 1. The van der Waals surface area contributed by atoms with Gasteiger partial charge in [0.1, 0.15) is 5.01 Å². The Kier molecular flexibility index (Phi) is 5.75. The van der Waals surface area contributed by atoms with Gasteiger partial charge < -0.3 is 10.4 Å². The second kappa shape index (κ2) is 8.20. The number of carbonyl (C=O) groups is 2. The van der Waals surface area contributed by atoms with Crippen molar-refractivity contribution in [2.75, 3.05) is 6.54 Å². The molecule has 0 spiro atoms. The van der Waals surface area contributed by atoms with Gasteiger partial charge in [0.2, 0.25) is 5.91 Å². The molecule has 0 saturated heterocycles. The number of nitrogens with zero attached hydrogens (tertiary/aromatic N) is 2. The summed E-state index contributed by atoms with van der Waals surface area (Å²) in [5, 5.41) is 15.1. The van der Waals surface area contributed by atoms with Gasteiger partial charge in [-0.3, -0.25) is 14.6 Å². The predicted molar refractivity (Wildman–Crippen MR) is 95.1 cm³/mol. The van der Waals surface area contributed by atoms with Crippen LogP contribution in [0.5, 0.6) is 0 Å². The van der Waals surface area contributed by atoms with Crippen molar-refractivity contribution < 1.29 is 14.7 Å². The topological polar surface area (TPSA) is 92.2 Å². The molecule has 0 radical (unpaired) electrons. The van der Waals surface area contributed by atoms with Gasteiger partial charge in [0.25, 0.3) is 0 Å². The Labute approximate surface area is 150 Å². The molecule has 1 fully saturated rings. The van der Waals surface area contributed by atoms with Crippen LogP contribution in [-0.2, 0) is 16.0 Å². The summed E-state index contributed by atoms with van der Waals surface area (Å²) in [7, 11) is 0. The third-order valence-corrected chi connectivity index (χ3v) is 5.50. The van der Waals surface area contributed by atoms with E-state index in [4.69, 9.17) is 0 Å². The Balaban J connectivity index is 1.52. The molecule has 2 atom stereocenters. The van der Waals surface area contributed by atoms with Crippen LogP contribution in [0.4, 0.5) is 0 Å². The summed E-state index contributed by atoms with van der Waals surface area (Å²) >= 11 is 1.55. The summed E-state index contributed by atoms with van der Waals surface area (Å²) in [5.74, 6) is -1.96. The Hall–Kier alpha value is -2.28. The second-order valence-corrected chi connectivity index (χ2v) is 7.12. The first-order chi connectivity index (χ1) is 12.1. The first-order valence-electron chi connectivity index (χ1n) is 8.50. The molecular formula is C18H21N3O3S. The first kappa shape index (κ1) is 17.5. The van der Waals surface area contributed by atoms with E-state index in [9.17, 15) is 14.7 Å². The van der Waals surface area contributed by atoms with Crippen LogP contribution < -0.4 is 5.32 Å². The molecule has 1 aliphatic rings. The van der Waals surface area contributed by atoms with Crippen molar-refractivity contribution in [2.45, 2.75) is 32.1 Å². The number of nitrogens with one attached hydrogen (secondary N) is 1. The van der Waals surface area contributed by atoms with E-state index in [0.717, 1.165) is 29.1 Å². The lowest BCUT2D eigenvalue weighted by Crippen LogP contribution is -2.40. The molecular weight excluding hydrogens is 338 g/mol. The smallest absolute Gasteiger partial charge is 0.307 e. The highest BCUT2D eigenvalue weighted by Crippen LogP contribution is 2.30. The van der Waals surface area contributed by atoms with Gasteiger partial charge in [-0.25, -0.2) is 4.98 Å². The summed E-state index contributed by atoms with van der Waals surface area (Å²) in [6.07, 6.45) is 7.19. The fraction of sp³-hybridized carbons (Fsp3) is 0.444. The van der Waals surface area contributed by atoms with Crippen LogP contribution in [0.3, 0.4) is 0 Å². The van der Waals surface area contributed by atoms with Crippen LogP contribution in [0.1, 0.15) is 31.4 Å². The minimum Gasteiger partial charge on any atom is -0.481 e. The molecule has 2 heterocycles. The molecule has 0 aliphatic heterocycles. The lowest BCUT2D eigenvalue weighted by Gasteiger charge is -2.27. The highest BCUT2D eigenvalue weighted by Gasteiger charge is 2.35. The van der Waals surface area contributed by atoms with Gasteiger partial charge in [-0.1, -0.05) is 12.8 Å². The van der Waals surface area contributed by atoms with Crippen LogP contribution in [0.25, 0.3) is 10.6 Å². The van der Waals surface area contributed by atoms with Crippen molar-refractivity contribution in [1.82, 2.24) is 15.3 Å². The van der Waals surface area contributed by atoms with Gasteiger partial charge in [0.15, 0.2) is 0 Å². The summed E-state index contributed by atoms with van der Waals surface area (Å²) in [6, 6.07) is 3.84. The summed E-state index contributed by atoms with van der Waals surface area (Å²) in [5.41, 5.74) is 1.90. The molecule has 2 aromatic rings. The summed E-state index contributed by atoms with van der Waals surface area (Å²) in [4.78, 5) is 32.3. The highest BCUT2D eigenvalue weighted by molar-refractivity contribution is 7.13. The molecule has 2 aromatic heterocycles. The quantitative estimate of drug-likeness (QED) is 0.827. The number of aromatic nitrogens is 2. The zero-order chi connectivity index (χ0) is 17.6. The fourth-order valence-corrected chi connectivity index (χ4v) is 4.07. The van der Waals surface area contributed by atoms with Gasteiger partial charge in [-0.15, -0.1) is 11.3 Å². The van der Waals surface area contributed by atoms with Crippen molar-refractivity contribution in [3.05, 3.63) is 35.6 Å². The Bertz CT molecular complexity index is 732. The van der Waals surface area contributed by atoms with E-state index in [1.807, 2.05) is 17.5 Å². The van der Waals surface area contributed by atoms with E-state index in [-0.39, 0.29) is 5.91 Å². The molecule has 25 heavy (non-hydrogen) atoms. The molecule has 2 unspecified atom stereocenters. The number of amides is 1. The number of carbonyl (C=O) groups excluding carboxylic acids is 1. The first-order valence-corrected chi connectivity index (χ1v) is 9.38. The largest absolute Gasteiger partial charge is 0.481 e. The summed E-state index contributed by atoms with van der Waals surface area (Å²) in [6.45, 7) is 0.470. The molecule has 1 saturated carbocycles. The third kappa shape index (κ3) is 4.42. The lowest BCUT2D eigenvalue weighted by atomic mass is 9.78. The number of carboxylic acid groups (broad SMARTS) is 1. The molecule has 0 aromatic carbocycles. The zero-order valence-corrected chi connectivity index (χ0v) is 14.7. The average Bonchev–Trinajstić information content (AvgIpc) is 3.11. The van der Waals surface area contributed by atoms with Gasteiger partial charge in [-0.05, 0) is 25.0 Å². The number of aliphatic carboxylic acids is 1. The van der Waals surface area contributed by atoms with Crippen molar-refractivity contribution in [3.8, 4) is 10.6 Å². The van der Waals surface area contributed by atoms with Crippen LogP contribution in [0.2, 0.25) is 0 Å². The van der Waals surface area contributed by atoms with Crippen molar-refractivity contribution in [1.29, 1.82) is 0 Å². The zero-order valence-electron chi connectivity index (χ0n) is 13.9. The third-order valence-electron chi connectivity index (χ3n) is 4.56. The molecule has 1 aliphatic carbocycles. The molecule has 2 N–H and O–H groups in total. The predicted octanol–water partition coefficient (Wildman–Crippen LogP) is 2.75. The van der Waals surface area contributed by atoms with E-state index in [1.165, 1.54) is 0 Å². The van der Waals surface area contributed by atoms with E-state index < -0.39 is 17.8 Å². The van der Waals surface area contributed by atoms with Gasteiger partial charge in [-0.2, -0.15) is 0 Å². The van der Waals surface area contributed by atoms with E-state index in [0.29, 0.717) is 25.8 Å². The molecule has 7 heteroatoms. The normalized spacial score (nSPS) is 20.2. The standard InChI is InChI=1S/C18H21N3O3S/c22-16(14-5-1-2-6-15(14)18(23)24)20-9-7-13-11-25-17(21-13)12-4-3-8-19-10-12/h3-4,8,10-11,14-15H,1-2,5-7,9H2,(H,20,22)(H,23,24). The SMILES string of the molecule is O=C(O)C1CCCCC1C(=O)NCCc1csc(-c2cccnc2)n1. The lowest BCUT2D eigenvalue weighted by molar-refractivity contribution is -0.148. The van der Waals surface area contributed by atoms with Crippen LogP contribution in [-0.4, -0.2) is 33.5 Å². The summed E-state index contributed by atoms with van der Waals surface area (Å²) < 4.78 is 0. The van der Waals surface area contributed by atoms with Crippen LogP contribution in [0.15, 0.2) is 29.9 Å². The van der Waals surface area contributed by atoms with Crippen molar-refractivity contribution in [3.63, 3.8) is 0 Å². The molecule has 6 nitrogen and oxygen atoms in total. The fourth-order valence-electron chi connectivity index (χ4n) is 3.23. The monoisotopic (exact) mass is 359 g/mol. The van der Waals surface area contributed by atoms with E-state index >= 15 is 0 Å². The maximum absolute atomic E-state index is 12.3. The number of thiazole rings is 1. The van der Waals surface area contributed by atoms with Crippen molar-refractivity contribution in [2.24, 2.45) is 11.8 Å². The minimum absolute atomic E-state index is 0.144. The Morgan fingerprint density at radius 3 is 2.80 bits per heavy atom. The van der Waals surface area contributed by atoms with Crippen molar-refractivity contribution >= 4 is 23.2 Å². The van der Waals surface area contributed by atoms with E-state index in [1.54, 1.807) is 23.7 Å². The van der Waals surface area contributed by atoms with Gasteiger partial charge in [0.05, 0.1) is 17.5 Å². The van der Waals surface area contributed by atoms with Crippen LogP contribution in [0, 0.1) is 11.8 Å². The van der Waals surface area contributed by atoms with Crippen LogP contribution >= 0.6 is 11.3 Å². The molecule has 0 bridgehead atoms. The Morgan fingerprint density at radius 2 is 2.08 bits per heavy atom. The molecule has 3 rings (SSSR count). The van der Waals surface area contributed by atoms with Gasteiger partial charge >= 0.3 is 5.97 Å². The highest BCUT2D eigenvalue weighted by atomic mass is 32.1. The molecule has 132 valence electrons. The minimum atomic E-state index is -0.861. The second-order valence-electron chi connectivity index (χ2n) is 6.26. The van der Waals surface area contributed by atoms with Gasteiger partial charge in [0, 0.05) is 36.3 Å². The van der Waals surface area contributed by atoms with E-state index in [2.05, 4.69) is 15.3 Å². The maximum Gasteiger partial charge on any atom is 0.307 e. The Morgan fingerprint density at radius 1 is 1.28 bits per heavy atom. The number of hydrogen-bond acceptors (Lipinski definition) is 5. The molecule has 1 amide bonds. The number of hydrogen-bond donors (Lipinski definition) is 2. The average molecular weight is 359 g/mol.